The molecule has 37 heavy (non-hydrogen) atoms. The van der Waals surface area contributed by atoms with Gasteiger partial charge in [0.2, 0.25) is 5.88 Å². The van der Waals surface area contributed by atoms with Crippen LogP contribution in [0.4, 0.5) is 8.78 Å². The molecule has 1 aliphatic carbocycles. The van der Waals surface area contributed by atoms with Crippen LogP contribution >= 0.6 is 15.9 Å². The predicted octanol–water partition coefficient (Wildman–Crippen LogP) is 4.90. The molecule has 194 valence electrons. The summed E-state index contributed by atoms with van der Waals surface area (Å²) in [6.45, 7) is 2.79. The first-order chi connectivity index (χ1) is 17.8. The number of benzene rings is 2. The standard InChI is InChI=1S/C27H27BrF2N4O3/c1-15-18(10-17(29)11-20(15)28)26(35)31-22-8-5-6-16-13-33(14-19(16)22)27(36)23-12-25(37-2)34(32-23)24-9-4-3-7-21(24)30/h3-4,7,9-12,16,19,22H,5-6,8,13-14H2,1-2H3,(H,31,35)/t16-,19+,22-/m1/s1. The van der Waals surface area contributed by atoms with Crippen molar-refractivity contribution in [2.24, 2.45) is 11.8 Å². The average Bonchev–Trinajstić information content (AvgIpc) is 3.51. The molecule has 1 saturated heterocycles. The first-order valence-corrected chi connectivity index (χ1v) is 13.0. The number of hydrogen-bond donors (Lipinski definition) is 1. The molecule has 0 radical (unpaired) electrons. The minimum absolute atomic E-state index is 0.0782. The second-order valence-electron chi connectivity index (χ2n) is 9.64. The van der Waals surface area contributed by atoms with Crippen LogP contribution in [0.2, 0.25) is 0 Å². The second-order valence-corrected chi connectivity index (χ2v) is 10.5. The summed E-state index contributed by atoms with van der Waals surface area (Å²) in [6.07, 6.45) is 2.67. The molecule has 7 nitrogen and oxygen atoms in total. The maximum absolute atomic E-state index is 14.4. The van der Waals surface area contributed by atoms with Gasteiger partial charge in [-0.2, -0.15) is 9.78 Å². The Hall–Kier alpha value is -3.27. The fourth-order valence-corrected chi connectivity index (χ4v) is 5.95. The molecule has 5 rings (SSSR count). The third kappa shape index (κ3) is 4.86. The maximum atomic E-state index is 14.4. The van der Waals surface area contributed by atoms with E-state index in [0.29, 0.717) is 28.7 Å². The van der Waals surface area contributed by atoms with Crippen molar-refractivity contribution in [1.29, 1.82) is 0 Å². The van der Waals surface area contributed by atoms with Crippen molar-refractivity contribution in [3.8, 4) is 11.6 Å². The van der Waals surface area contributed by atoms with E-state index in [2.05, 4.69) is 26.3 Å². The van der Waals surface area contributed by atoms with Crippen LogP contribution in [0, 0.1) is 30.4 Å². The summed E-state index contributed by atoms with van der Waals surface area (Å²) in [4.78, 5) is 28.2. The van der Waals surface area contributed by atoms with Crippen LogP contribution in [0.3, 0.4) is 0 Å². The van der Waals surface area contributed by atoms with E-state index < -0.39 is 11.6 Å². The van der Waals surface area contributed by atoms with Gasteiger partial charge in [-0.15, -0.1) is 0 Å². The van der Waals surface area contributed by atoms with Crippen molar-refractivity contribution in [2.75, 3.05) is 20.2 Å². The van der Waals surface area contributed by atoms with E-state index in [9.17, 15) is 18.4 Å². The van der Waals surface area contributed by atoms with Gasteiger partial charge in [-0.1, -0.05) is 34.5 Å². The minimum Gasteiger partial charge on any atom is -0.481 e. The number of methoxy groups -OCH3 is 1. The quantitative estimate of drug-likeness (QED) is 0.471. The largest absolute Gasteiger partial charge is 0.481 e. The molecule has 2 heterocycles. The number of carbonyl (C=O) groups excluding carboxylic acids is 2. The van der Waals surface area contributed by atoms with E-state index in [4.69, 9.17) is 4.74 Å². The molecule has 1 aliphatic heterocycles. The van der Waals surface area contributed by atoms with Gasteiger partial charge in [0.15, 0.2) is 5.69 Å². The molecule has 0 unspecified atom stereocenters. The number of para-hydroxylation sites is 1. The van der Waals surface area contributed by atoms with Crippen LogP contribution < -0.4 is 10.1 Å². The molecule has 3 atom stereocenters. The maximum Gasteiger partial charge on any atom is 0.274 e. The Morgan fingerprint density at radius 3 is 2.68 bits per heavy atom. The Morgan fingerprint density at radius 1 is 1.14 bits per heavy atom. The summed E-state index contributed by atoms with van der Waals surface area (Å²) in [6, 6.07) is 10.1. The SMILES string of the molecule is COc1cc(C(=O)N2C[C@H]3CCC[C@@H](NC(=O)c4cc(F)cc(Br)c4C)[C@H]3C2)nn1-c1ccccc1F. The molecular weight excluding hydrogens is 546 g/mol. The van der Waals surface area contributed by atoms with E-state index in [0.717, 1.165) is 19.3 Å². The number of rotatable bonds is 5. The lowest BCUT2D eigenvalue weighted by atomic mass is 9.78. The molecule has 10 heteroatoms. The highest BCUT2D eigenvalue weighted by atomic mass is 79.9. The van der Waals surface area contributed by atoms with Crippen LogP contribution in [0.15, 0.2) is 46.9 Å². The van der Waals surface area contributed by atoms with Gasteiger partial charge in [0, 0.05) is 41.2 Å². The van der Waals surface area contributed by atoms with E-state index in [1.165, 1.54) is 36.1 Å². The summed E-state index contributed by atoms with van der Waals surface area (Å²) in [7, 11) is 1.44. The Bertz CT molecular complexity index is 1360. The fourth-order valence-electron chi connectivity index (χ4n) is 5.52. The van der Waals surface area contributed by atoms with Gasteiger partial charge in [0.25, 0.3) is 11.8 Å². The lowest BCUT2D eigenvalue weighted by Gasteiger charge is -2.33. The van der Waals surface area contributed by atoms with Crippen molar-refractivity contribution in [3.63, 3.8) is 0 Å². The van der Waals surface area contributed by atoms with Gasteiger partial charge in [0.05, 0.1) is 7.11 Å². The summed E-state index contributed by atoms with van der Waals surface area (Å²) < 4.78 is 35.5. The van der Waals surface area contributed by atoms with Crippen LogP contribution in [0.5, 0.6) is 5.88 Å². The second kappa shape index (κ2) is 10.2. The number of likely N-dealkylation sites (tertiary alicyclic amines) is 1. The summed E-state index contributed by atoms with van der Waals surface area (Å²) in [5.74, 6) is -0.972. The first kappa shape index (κ1) is 25.4. The number of aromatic nitrogens is 2. The third-order valence-corrected chi connectivity index (χ3v) is 8.27. The highest BCUT2D eigenvalue weighted by molar-refractivity contribution is 9.10. The molecule has 2 aliphatic rings. The normalized spacial score (nSPS) is 21.0. The van der Waals surface area contributed by atoms with Crippen LogP contribution in [-0.2, 0) is 0 Å². The number of halogens is 3. The molecule has 0 spiro atoms. The molecule has 3 aromatic rings. The number of amides is 2. The molecule has 1 saturated carbocycles. The number of hydrogen-bond acceptors (Lipinski definition) is 4. The zero-order valence-electron chi connectivity index (χ0n) is 20.5. The number of nitrogens with zero attached hydrogens (tertiary/aromatic N) is 3. The van der Waals surface area contributed by atoms with Crippen molar-refractivity contribution in [1.82, 2.24) is 20.0 Å². The van der Waals surface area contributed by atoms with Gasteiger partial charge in [-0.05, 0) is 55.5 Å². The monoisotopic (exact) mass is 572 g/mol. The molecule has 0 bridgehead atoms. The highest BCUT2D eigenvalue weighted by Gasteiger charge is 2.43. The van der Waals surface area contributed by atoms with Gasteiger partial charge in [0.1, 0.15) is 17.3 Å². The third-order valence-electron chi connectivity index (χ3n) is 7.44. The van der Waals surface area contributed by atoms with Crippen molar-refractivity contribution >= 4 is 27.7 Å². The number of fused-ring (bicyclic) bond motifs is 1. The summed E-state index contributed by atoms with van der Waals surface area (Å²) in [5.41, 5.74) is 1.33. The van der Waals surface area contributed by atoms with Crippen LogP contribution in [0.25, 0.3) is 5.69 Å². The van der Waals surface area contributed by atoms with E-state index in [-0.39, 0.29) is 47.0 Å². The van der Waals surface area contributed by atoms with Gasteiger partial charge in [-0.25, -0.2) is 8.78 Å². The number of ether oxygens (including phenoxy) is 1. The van der Waals surface area contributed by atoms with E-state index in [1.54, 1.807) is 30.0 Å². The molecule has 1 aromatic heterocycles. The van der Waals surface area contributed by atoms with Crippen molar-refractivity contribution in [3.05, 3.63) is 75.4 Å². The van der Waals surface area contributed by atoms with Crippen LogP contribution in [-0.4, -0.2) is 52.7 Å². The van der Waals surface area contributed by atoms with Gasteiger partial charge >= 0.3 is 0 Å². The zero-order chi connectivity index (χ0) is 26.3. The topological polar surface area (TPSA) is 76.5 Å². The molecular formula is C27H27BrF2N4O3. The number of carbonyl (C=O) groups is 2. The fraction of sp³-hybridized carbons (Fsp3) is 0.370. The molecule has 2 amide bonds. The highest BCUT2D eigenvalue weighted by Crippen LogP contribution is 2.37. The Balaban J connectivity index is 1.33. The Kier molecular flexibility index (Phi) is 7.02. The van der Waals surface area contributed by atoms with Gasteiger partial charge in [-0.3, -0.25) is 9.59 Å². The van der Waals surface area contributed by atoms with Gasteiger partial charge < -0.3 is 15.0 Å². The van der Waals surface area contributed by atoms with E-state index in [1.807, 2.05) is 0 Å². The average molecular weight is 573 g/mol. The minimum atomic E-state index is -0.480. The summed E-state index contributed by atoms with van der Waals surface area (Å²) >= 11 is 3.31. The van der Waals surface area contributed by atoms with Crippen molar-refractivity contribution < 1.29 is 23.1 Å². The lowest BCUT2D eigenvalue weighted by molar-refractivity contribution is 0.0776. The van der Waals surface area contributed by atoms with Crippen molar-refractivity contribution in [2.45, 2.75) is 32.2 Å². The Morgan fingerprint density at radius 2 is 1.92 bits per heavy atom. The molecule has 1 N–H and O–H groups in total. The van der Waals surface area contributed by atoms with Crippen LogP contribution in [0.1, 0.15) is 45.7 Å². The summed E-state index contributed by atoms with van der Waals surface area (Å²) in [5, 5.41) is 7.46. The number of nitrogens with one attached hydrogen (secondary N) is 1. The molecule has 2 aromatic carbocycles. The zero-order valence-corrected chi connectivity index (χ0v) is 22.1. The molecule has 2 fully saturated rings. The lowest BCUT2D eigenvalue weighted by Crippen LogP contribution is -2.45. The first-order valence-electron chi connectivity index (χ1n) is 12.2. The Labute approximate surface area is 221 Å². The predicted molar refractivity (Wildman–Crippen MR) is 137 cm³/mol. The smallest absolute Gasteiger partial charge is 0.274 e. The van der Waals surface area contributed by atoms with E-state index >= 15 is 0 Å².